The molecule has 10 heteroatoms. The van der Waals surface area contributed by atoms with Crippen LogP contribution in [0.2, 0.25) is 0 Å². The van der Waals surface area contributed by atoms with Crippen LogP contribution in [0.5, 0.6) is 0 Å². The minimum Gasteiger partial charge on any atom is -0.467 e. The number of carbonyl (C=O) groups is 4. The van der Waals surface area contributed by atoms with Crippen LogP contribution in [0.15, 0.2) is 0 Å². The van der Waals surface area contributed by atoms with Crippen LogP contribution in [0.25, 0.3) is 0 Å². The van der Waals surface area contributed by atoms with Gasteiger partial charge in [0.2, 0.25) is 0 Å². The van der Waals surface area contributed by atoms with Gasteiger partial charge in [-0.25, -0.2) is 4.79 Å². The molecule has 1 fully saturated rings. The Morgan fingerprint density at radius 3 is 1.62 bits per heavy atom. The van der Waals surface area contributed by atoms with E-state index in [0.717, 1.165) is 14.0 Å². The molecule has 5 atom stereocenters. The SMILES string of the molecule is COC(=O)[C@@H]1O[C@@H](O)[C@H](OC(C)=O)[C@@H](OC(=O)C(C)(C)C)[C@@H]1OC(=O)C(C)(C)C. The van der Waals surface area contributed by atoms with Crippen LogP contribution in [0.3, 0.4) is 0 Å². The Morgan fingerprint density at radius 2 is 1.24 bits per heavy atom. The minimum absolute atomic E-state index is 0.727. The van der Waals surface area contributed by atoms with Crippen molar-refractivity contribution < 1.29 is 48.0 Å². The van der Waals surface area contributed by atoms with Gasteiger partial charge in [-0.05, 0) is 41.5 Å². The van der Waals surface area contributed by atoms with E-state index in [4.69, 9.17) is 18.9 Å². The summed E-state index contributed by atoms with van der Waals surface area (Å²) in [5.74, 6) is -3.22. The zero-order valence-corrected chi connectivity index (χ0v) is 18.0. The Bertz CT molecular complexity index is 642. The summed E-state index contributed by atoms with van der Waals surface area (Å²) < 4.78 is 25.8. The van der Waals surface area contributed by atoms with Gasteiger partial charge in [-0.3, -0.25) is 14.4 Å². The summed E-state index contributed by atoms with van der Waals surface area (Å²) in [4.78, 5) is 48.7. The number of methoxy groups -OCH3 is 1. The van der Waals surface area contributed by atoms with Crippen LogP contribution in [0.4, 0.5) is 0 Å². The lowest BCUT2D eigenvalue weighted by atomic mass is 9.93. The number of ether oxygens (including phenoxy) is 5. The van der Waals surface area contributed by atoms with Crippen LogP contribution >= 0.6 is 0 Å². The van der Waals surface area contributed by atoms with Crippen LogP contribution in [-0.2, 0) is 42.9 Å². The summed E-state index contributed by atoms with van der Waals surface area (Å²) in [6.45, 7) is 10.6. The number of carbonyl (C=O) groups excluding carboxylic acids is 4. The maximum Gasteiger partial charge on any atom is 0.339 e. The van der Waals surface area contributed by atoms with Crippen molar-refractivity contribution in [3.8, 4) is 0 Å². The van der Waals surface area contributed by atoms with E-state index in [0.29, 0.717) is 0 Å². The predicted octanol–water partition coefficient (Wildman–Crippen LogP) is 0.724. The molecular weight excluding hydrogens is 388 g/mol. The van der Waals surface area contributed by atoms with Gasteiger partial charge in [-0.1, -0.05) is 0 Å². The summed E-state index contributed by atoms with van der Waals surface area (Å²) in [6.07, 6.45) is -7.99. The van der Waals surface area contributed by atoms with Gasteiger partial charge in [0.1, 0.15) is 0 Å². The van der Waals surface area contributed by atoms with E-state index in [9.17, 15) is 24.3 Å². The van der Waals surface area contributed by atoms with E-state index in [2.05, 4.69) is 4.74 Å². The molecule has 1 N–H and O–H groups in total. The second-order valence-corrected chi connectivity index (χ2v) is 8.78. The zero-order valence-electron chi connectivity index (χ0n) is 18.0. The average molecular weight is 418 g/mol. The Balaban J connectivity index is 3.42. The zero-order chi connectivity index (χ0) is 22.7. The molecule has 1 aliphatic heterocycles. The van der Waals surface area contributed by atoms with Crippen LogP contribution in [-0.4, -0.2) is 66.8 Å². The van der Waals surface area contributed by atoms with Crippen molar-refractivity contribution in [2.45, 2.75) is 79.2 Å². The second-order valence-electron chi connectivity index (χ2n) is 8.78. The van der Waals surface area contributed by atoms with Gasteiger partial charge in [0.05, 0.1) is 17.9 Å². The molecule has 0 unspecified atom stereocenters. The molecule has 0 spiro atoms. The summed E-state index contributed by atoms with van der Waals surface area (Å²) in [6, 6.07) is 0. The lowest BCUT2D eigenvalue weighted by Crippen LogP contribution is -2.64. The molecular formula is C19H30O10. The van der Waals surface area contributed by atoms with Gasteiger partial charge in [-0.15, -0.1) is 0 Å². The standard InChI is InChI=1S/C19H30O10/c1-9(20)26-13-11(29-17(24)19(5,6)7)10(28-16(23)18(2,3)4)12(14(21)25-8)27-15(13)22/h10-13,15,22H,1-8H3/t10-,11-,12+,13+,15+/m0/s1. The number of esters is 4. The van der Waals surface area contributed by atoms with Crippen LogP contribution in [0, 0.1) is 10.8 Å². The number of aliphatic hydroxyl groups is 1. The quantitative estimate of drug-likeness (QED) is 0.514. The maximum absolute atomic E-state index is 12.5. The first-order valence-electron chi connectivity index (χ1n) is 9.10. The molecule has 0 aliphatic carbocycles. The summed E-state index contributed by atoms with van der Waals surface area (Å²) in [5, 5.41) is 10.3. The fourth-order valence-corrected chi connectivity index (χ4v) is 2.31. The summed E-state index contributed by atoms with van der Waals surface area (Å²) in [5.41, 5.74) is -1.93. The lowest BCUT2D eigenvalue weighted by molar-refractivity contribution is -0.292. The molecule has 0 aromatic rings. The molecule has 0 aromatic carbocycles. The van der Waals surface area contributed by atoms with E-state index in [1.54, 1.807) is 41.5 Å². The van der Waals surface area contributed by atoms with Crippen molar-refractivity contribution in [3.63, 3.8) is 0 Å². The Kier molecular flexibility index (Phi) is 7.78. The van der Waals surface area contributed by atoms with E-state index in [-0.39, 0.29) is 0 Å². The van der Waals surface area contributed by atoms with E-state index < -0.39 is 65.4 Å². The van der Waals surface area contributed by atoms with Crippen LogP contribution < -0.4 is 0 Å². The van der Waals surface area contributed by atoms with Crippen molar-refractivity contribution in [1.29, 1.82) is 0 Å². The predicted molar refractivity (Wildman–Crippen MR) is 97.1 cm³/mol. The van der Waals surface area contributed by atoms with Gasteiger partial charge in [0, 0.05) is 6.92 Å². The molecule has 0 radical (unpaired) electrons. The molecule has 0 amide bonds. The lowest BCUT2D eigenvalue weighted by Gasteiger charge is -2.43. The molecule has 10 nitrogen and oxygen atoms in total. The van der Waals surface area contributed by atoms with E-state index in [1.165, 1.54) is 0 Å². The van der Waals surface area contributed by atoms with Gasteiger partial charge >= 0.3 is 23.9 Å². The highest BCUT2D eigenvalue weighted by Crippen LogP contribution is 2.31. The first-order chi connectivity index (χ1) is 13.1. The average Bonchev–Trinajstić information content (AvgIpc) is 2.56. The highest BCUT2D eigenvalue weighted by Gasteiger charge is 2.55. The van der Waals surface area contributed by atoms with E-state index in [1.807, 2.05) is 0 Å². The van der Waals surface area contributed by atoms with Gasteiger partial charge in [-0.2, -0.15) is 0 Å². The maximum atomic E-state index is 12.5. The van der Waals surface area contributed by atoms with Crippen LogP contribution in [0.1, 0.15) is 48.5 Å². The largest absolute Gasteiger partial charge is 0.467 e. The molecule has 1 rings (SSSR count). The summed E-state index contributed by atoms with van der Waals surface area (Å²) >= 11 is 0. The monoisotopic (exact) mass is 418 g/mol. The third-order valence-corrected chi connectivity index (χ3v) is 3.96. The number of hydrogen-bond donors (Lipinski definition) is 1. The molecule has 166 valence electrons. The van der Waals surface area contributed by atoms with Crippen molar-refractivity contribution in [2.24, 2.45) is 10.8 Å². The molecule has 0 saturated carbocycles. The van der Waals surface area contributed by atoms with Gasteiger partial charge in [0.15, 0.2) is 30.7 Å². The highest BCUT2D eigenvalue weighted by atomic mass is 16.7. The van der Waals surface area contributed by atoms with Crippen molar-refractivity contribution >= 4 is 23.9 Å². The number of hydrogen-bond acceptors (Lipinski definition) is 10. The third-order valence-electron chi connectivity index (χ3n) is 3.96. The second kappa shape index (κ2) is 9.08. The molecule has 0 bridgehead atoms. The first-order valence-corrected chi connectivity index (χ1v) is 9.10. The van der Waals surface area contributed by atoms with Gasteiger partial charge < -0.3 is 28.8 Å². The Hall–Kier alpha value is -2.20. The Morgan fingerprint density at radius 1 is 0.793 bits per heavy atom. The van der Waals surface area contributed by atoms with Gasteiger partial charge in [0.25, 0.3) is 0 Å². The highest BCUT2D eigenvalue weighted by molar-refractivity contribution is 5.79. The topological polar surface area (TPSA) is 135 Å². The normalized spacial score (nSPS) is 27.6. The molecule has 1 saturated heterocycles. The van der Waals surface area contributed by atoms with E-state index >= 15 is 0 Å². The first kappa shape index (κ1) is 24.8. The molecule has 29 heavy (non-hydrogen) atoms. The van der Waals surface area contributed by atoms with Crippen molar-refractivity contribution in [1.82, 2.24) is 0 Å². The van der Waals surface area contributed by atoms with Crippen molar-refractivity contribution in [3.05, 3.63) is 0 Å². The van der Waals surface area contributed by atoms with Crippen molar-refractivity contribution in [2.75, 3.05) is 7.11 Å². The molecule has 1 aliphatic rings. The molecule has 1 heterocycles. The third kappa shape index (κ3) is 6.40. The number of aliphatic hydroxyl groups excluding tert-OH is 1. The fourth-order valence-electron chi connectivity index (χ4n) is 2.31. The minimum atomic E-state index is -1.83. The fraction of sp³-hybridized carbons (Fsp3) is 0.789. The number of rotatable bonds is 4. The Labute approximate surface area is 169 Å². The molecule has 0 aromatic heterocycles. The smallest absolute Gasteiger partial charge is 0.339 e. The summed E-state index contributed by atoms with van der Waals surface area (Å²) in [7, 11) is 1.08.